The monoisotopic (exact) mass is 186 g/mol. The van der Waals surface area contributed by atoms with E-state index in [2.05, 4.69) is 0 Å². The van der Waals surface area contributed by atoms with Gasteiger partial charge in [0.15, 0.2) is 0 Å². The maximum Gasteiger partial charge on any atom is 0.335 e. The molecule has 0 aliphatic carbocycles. The number of hydrogen-bond acceptors (Lipinski definition) is 3. The lowest BCUT2D eigenvalue weighted by atomic mass is 10.0. The van der Waals surface area contributed by atoms with E-state index < -0.39 is 5.97 Å². The molecule has 4 heteroatoms. The molecule has 0 spiro atoms. The molecule has 0 saturated heterocycles. The average Bonchev–Trinajstić information content (AvgIpc) is 2.17. The van der Waals surface area contributed by atoms with Crippen LogP contribution >= 0.6 is 0 Å². The molecule has 0 unspecified atom stereocenters. The van der Waals surface area contributed by atoms with Crippen LogP contribution < -0.4 is 0 Å². The lowest BCUT2D eigenvalue weighted by molar-refractivity contribution is 0.0697. The Hall–Kier alpha value is -2.33. The number of rotatable bonds is 1. The van der Waals surface area contributed by atoms with Gasteiger partial charge in [-0.25, -0.2) is 4.79 Å². The third kappa shape index (κ3) is 1.55. The summed E-state index contributed by atoms with van der Waals surface area (Å²) in [6, 6.07) is 6.23. The van der Waals surface area contributed by atoms with Crippen molar-refractivity contribution in [3.05, 3.63) is 34.4 Å². The predicted octanol–water partition coefficient (Wildman–Crippen LogP) is 1.44. The smallest absolute Gasteiger partial charge is 0.335 e. The fourth-order valence-electron chi connectivity index (χ4n) is 1.07. The molecule has 0 fully saturated rings. The number of nitriles is 2. The molecule has 0 saturated carbocycles. The molecule has 0 atom stereocenters. The third-order valence-corrected chi connectivity index (χ3v) is 1.90. The summed E-state index contributed by atoms with van der Waals surface area (Å²) in [6.45, 7) is 1.61. The van der Waals surface area contributed by atoms with Crippen LogP contribution in [0.2, 0.25) is 0 Å². The van der Waals surface area contributed by atoms with E-state index >= 15 is 0 Å². The zero-order valence-electron chi connectivity index (χ0n) is 7.40. The summed E-state index contributed by atoms with van der Waals surface area (Å²) in [5.74, 6) is -1.14. The Labute approximate surface area is 80.6 Å². The third-order valence-electron chi connectivity index (χ3n) is 1.90. The summed E-state index contributed by atoms with van der Waals surface area (Å²) in [6.07, 6.45) is 0. The van der Waals surface area contributed by atoms with Crippen LogP contribution in [0, 0.1) is 29.6 Å². The van der Waals surface area contributed by atoms with Crippen LogP contribution in [0.1, 0.15) is 27.0 Å². The molecular formula is C10H6N2O2. The van der Waals surface area contributed by atoms with Gasteiger partial charge in [0.2, 0.25) is 0 Å². The van der Waals surface area contributed by atoms with Gasteiger partial charge in [0.05, 0.1) is 28.8 Å². The SMILES string of the molecule is Cc1c(C#N)cc(C(=O)O)cc1C#N. The lowest BCUT2D eigenvalue weighted by Gasteiger charge is -2.01. The summed E-state index contributed by atoms with van der Waals surface area (Å²) in [5.41, 5.74) is 0.923. The molecule has 1 rings (SSSR count). The van der Waals surface area contributed by atoms with Gasteiger partial charge in [-0.2, -0.15) is 10.5 Å². The second-order valence-electron chi connectivity index (χ2n) is 2.73. The number of carboxylic acid groups (broad SMARTS) is 1. The Balaban J connectivity index is 3.51. The Morgan fingerprint density at radius 1 is 1.29 bits per heavy atom. The van der Waals surface area contributed by atoms with Crippen LogP contribution in [0.4, 0.5) is 0 Å². The Morgan fingerprint density at radius 2 is 1.71 bits per heavy atom. The fraction of sp³-hybridized carbons (Fsp3) is 0.100. The fourth-order valence-corrected chi connectivity index (χ4v) is 1.07. The van der Waals surface area contributed by atoms with Gasteiger partial charge < -0.3 is 5.11 Å². The second kappa shape index (κ2) is 3.59. The molecule has 4 nitrogen and oxygen atoms in total. The van der Waals surface area contributed by atoms with Gasteiger partial charge in [0, 0.05) is 0 Å². The van der Waals surface area contributed by atoms with Gasteiger partial charge in [-0.05, 0) is 24.6 Å². The van der Waals surface area contributed by atoms with Gasteiger partial charge in [-0.1, -0.05) is 0 Å². The van der Waals surface area contributed by atoms with Crippen molar-refractivity contribution in [2.45, 2.75) is 6.92 Å². The van der Waals surface area contributed by atoms with E-state index in [1.54, 1.807) is 6.92 Å². The predicted molar refractivity (Wildman–Crippen MR) is 47.6 cm³/mol. The highest BCUT2D eigenvalue weighted by Crippen LogP contribution is 2.15. The molecule has 0 aliphatic heterocycles. The number of hydrogen-bond donors (Lipinski definition) is 1. The van der Waals surface area contributed by atoms with Crippen molar-refractivity contribution in [2.24, 2.45) is 0 Å². The first-order valence-electron chi connectivity index (χ1n) is 3.78. The molecule has 1 aromatic rings. The van der Waals surface area contributed by atoms with Gasteiger partial charge in [-0.3, -0.25) is 0 Å². The molecule has 68 valence electrons. The van der Waals surface area contributed by atoms with E-state index in [0.29, 0.717) is 5.56 Å². The first-order chi connectivity index (χ1) is 6.60. The minimum Gasteiger partial charge on any atom is -0.478 e. The largest absolute Gasteiger partial charge is 0.478 e. The molecule has 0 heterocycles. The number of nitrogens with zero attached hydrogens (tertiary/aromatic N) is 2. The summed E-state index contributed by atoms with van der Waals surface area (Å²) < 4.78 is 0. The molecule has 0 radical (unpaired) electrons. The Kier molecular flexibility index (Phi) is 2.50. The summed E-state index contributed by atoms with van der Waals surface area (Å²) >= 11 is 0. The first-order valence-corrected chi connectivity index (χ1v) is 3.78. The van der Waals surface area contributed by atoms with Crippen molar-refractivity contribution in [3.8, 4) is 12.1 Å². The van der Waals surface area contributed by atoms with Crippen molar-refractivity contribution in [3.63, 3.8) is 0 Å². The standard InChI is InChI=1S/C10H6N2O2/c1-6-8(4-11)2-7(10(13)14)3-9(6)5-12/h2-3H,1H3,(H,13,14). The van der Waals surface area contributed by atoms with E-state index in [4.69, 9.17) is 15.6 Å². The minimum absolute atomic E-state index is 0.0382. The molecule has 0 amide bonds. The molecule has 14 heavy (non-hydrogen) atoms. The second-order valence-corrected chi connectivity index (χ2v) is 2.73. The van der Waals surface area contributed by atoms with E-state index in [0.717, 1.165) is 0 Å². The highest BCUT2D eigenvalue weighted by Gasteiger charge is 2.10. The minimum atomic E-state index is -1.14. The maximum atomic E-state index is 10.6. The lowest BCUT2D eigenvalue weighted by Crippen LogP contribution is -2.00. The van der Waals surface area contributed by atoms with Crippen LogP contribution in [-0.2, 0) is 0 Å². The van der Waals surface area contributed by atoms with E-state index in [-0.39, 0.29) is 16.7 Å². The summed E-state index contributed by atoms with van der Waals surface area (Å²) in [7, 11) is 0. The highest BCUT2D eigenvalue weighted by molar-refractivity contribution is 5.88. The van der Waals surface area contributed by atoms with Crippen molar-refractivity contribution < 1.29 is 9.90 Å². The Bertz CT molecular complexity index is 443. The molecule has 0 bridgehead atoms. The van der Waals surface area contributed by atoms with Gasteiger partial charge >= 0.3 is 5.97 Å². The molecule has 1 N–H and O–H groups in total. The van der Waals surface area contributed by atoms with Crippen LogP contribution in [0.25, 0.3) is 0 Å². The number of carbonyl (C=O) groups is 1. The van der Waals surface area contributed by atoms with Crippen LogP contribution in [-0.4, -0.2) is 11.1 Å². The summed E-state index contributed by atoms with van der Waals surface area (Å²) in [5, 5.41) is 26.1. The average molecular weight is 186 g/mol. The van der Waals surface area contributed by atoms with E-state index in [1.165, 1.54) is 12.1 Å². The Morgan fingerprint density at radius 3 is 2.00 bits per heavy atom. The zero-order chi connectivity index (χ0) is 10.7. The van der Waals surface area contributed by atoms with Gasteiger partial charge in [-0.15, -0.1) is 0 Å². The van der Waals surface area contributed by atoms with E-state index in [1.807, 2.05) is 12.1 Å². The molecular weight excluding hydrogens is 180 g/mol. The molecule has 0 aliphatic rings. The topological polar surface area (TPSA) is 84.9 Å². The van der Waals surface area contributed by atoms with Crippen molar-refractivity contribution in [1.82, 2.24) is 0 Å². The van der Waals surface area contributed by atoms with Crippen LogP contribution in [0.15, 0.2) is 12.1 Å². The van der Waals surface area contributed by atoms with Crippen molar-refractivity contribution >= 4 is 5.97 Å². The maximum absolute atomic E-state index is 10.6. The molecule has 0 aromatic heterocycles. The number of benzene rings is 1. The first kappa shape index (κ1) is 9.76. The van der Waals surface area contributed by atoms with Crippen molar-refractivity contribution in [1.29, 1.82) is 10.5 Å². The van der Waals surface area contributed by atoms with Gasteiger partial charge in [0.25, 0.3) is 0 Å². The zero-order valence-corrected chi connectivity index (χ0v) is 7.40. The quantitative estimate of drug-likeness (QED) is 0.718. The normalized spacial score (nSPS) is 8.79. The van der Waals surface area contributed by atoms with Gasteiger partial charge in [0.1, 0.15) is 0 Å². The number of aromatic carboxylic acids is 1. The van der Waals surface area contributed by atoms with Crippen molar-refractivity contribution in [2.75, 3.05) is 0 Å². The van der Waals surface area contributed by atoms with E-state index in [9.17, 15) is 4.79 Å². The number of carboxylic acids is 1. The van der Waals surface area contributed by atoms with Crippen LogP contribution in [0.3, 0.4) is 0 Å². The highest BCUT2D eigenvalue weighted by atomic mass is 16.4. The van der Waals surface area contributed by atoms with Crippen LogP contribution in [0.5, 0.6) is 0 Å². The summed E-state index contributed by atoms with van der Waals surface area (Å²) in [4.78, 5) is 10.6. The molecule has 1 aromatic carbocycles.